The van der Waals surface area contributed by atoms with Gasteiger partial charge in [0.1, 0.15) is 6.61 Å². The van der Waals surface area contributed by atoms with E-state index in [0.29, 0.717) is 18.3 Å². The van der Waals surface area contributed by atoms with Gasteiger partial charge in [-0.25, -0.2) is 4.99 Å². The van der Waals surface area contributed by atoms with Gasteiger partial charge in [-0.3, -0.25) is 4.98 Å². The monoisotopic (exact) mass is 438 g/mol. The number of nitrogens with one attached hydrogen (secondary N) is 1. The number of fused-ring (bicyclic) bond motifs is 1. The summed E-state index contributed by atoms with van der Waals surface area (Å²) in [5.74, 6) is 1.21. The van der Waals surface area contributed by atoms with Crippen LogP contribution in [-0.2, 0) is 16.1 Å². The van der Waals surface area contributed by atoms with Crippen molar-refractivity contribution in [3.8, 4) is 0 Å². The summed E-state index contributed by atoms with van der Waals surface area (Å²) in [5, 5.41) is 1.18. The van der Waals surface area contributed by atoms with Crippen LogP contribution in [0.5, 0.6) is 0 Å². The number of allylic oxidation sites excluding steroid dienone is 3. The molecule has 5 rings (SSSR count). The molecular weight excluding hydrogens is 412 g/mol. The van der Waals surface area contributed by atoms with Crippen molar-refractivity contribution in [3.05, 3.63) is 102 Å². The lowest BCUT2D eigenvalue weighted by molar-refractivity contribution is 0.134. The Balaban J connectivity index is 1.49. The summed E-state index contributed by atoms with van der Waals surface area (Å²) in [5.41, 5.74) is 4.96. The van der Waals surface area contributed by atoms with Crippen LogP contribution in [0.25, 0.3) is 10.9 Å². The molecule has 0 radical (unpaired) electrons. The first kappa shape index (κ1) is 21.1. The predicted molar refractivity (Wildman–Crippen MR) is 131 cm³/mol. The molecule has 0 aliphatic carbocycles. The summed E-state index contributed by atoms with van der Waals surface area (Å²) in [6.45, 7) is 1.82. The molecule has 0 unspecified atom stereocenters. The summed E-state index contributed by atoms with van der Waals surface area (Å²) in [4.78, 5) is 17.5. The maximum atomic E-state index is 6.00. The molecule has 166 valence electrons. The summed E-state index contributed by atoms with van der Waals surface area (Å²) >= 11 is 0. The molecule has 1 N–H and O–H groups in total. The van der Waals surface area contributed by atoms with Crippen LogP contribution in [0.2, 0.25) is 0 Å². The van der Waals surface area contributed by atoms with E-state index in [9.17, 15) is 0 Å². The van der Waals surface area contributed by atoms with E-state index in [0.717, 1.165) is 60.5 Å². The molecule has 2 aliphatic heterocycles. The van der Waals surface area contributed by atoms with E-state index in [4.69, 9.17) is 19.5 Å². The van der Waals surface area contributed by atoms with Gasteiger partial charge in [-0.15, -0.1) is 0 Å². The van der Waals surface area contributed by atoms with Crippen LogP contribution < -0.4 is 0 Å². The Kier molecular flexibility index (Phi) is 6.54. The quantitative estimate of drug-likeness (QED) is 0.571. The number of aliphatic imine (C=N–C) groups is 2. The lowest BCUT2D eigenvalue weighted by Crippen LogP contribution is -2.11. The number of aromatic amines is 1. The van der Waals surface area contributed by atoms with Crippen molar-refractivity contribution in [2.45, 2.75) is 25.9 Å². The van der Waals surface area contributed by atoms with Crippen LogP contribution in [0.3, 0.4) is 0 Å². The molecule has 0 atom stereocenters. The van der Waals surface area contributed by atoms with E-state index in [1.807, 2.05) is 42.6 Å². The number of ether oxygens (including phenoxy) is 2. The van der Waals surface area contributed by atoms with E-state index in [1.165, 1.54) is 5.39 Å². The van der Waals surface area contributed by atoms with Crippen molar-refractivity contribution < 1.29 is 9.47 Å². The Bertz CT molecular complexity index is 1270. The number of pyridine rings is 1. The summed E-state index contributed by atoms with van der Waals surface area (Å²) in [6.07, 6.45) is 14.4. The average molecular weight is 439 g/mol. The van der Waals surface area contributed by atoms with Crippen LogP contribution in [0.4, 0.5) is 0 Å². The lowest BCUT2D eigenvalue weighted by atomic mass is 10.0. The third-order valence-electron chi connectivity index (χ3n) is 5.56. The smallest absolute Gasteiger partial charge is 0.215 e. The molecule has 0 amide bonds. The summed E-state index contributed by atoms with van der Waals surface area (Å²) in [6, 6.07) is 14.2. The van der Waals surface area contributed by atoms with Crippen molar-refractivity contribution in [1.29, 1.82) is 0 Å². The third-order valence-corrected chi connectivity index (χ3v) is 5.56. The number of aromatic nitrogens is 2. The maximum absolute atomic E-state index is 6.00. The molecule has 3 aromatic rings. The van der Waals surface area contributed by atoms with E-state index in [2.05, 4.69) is 40.3 Å². The molecule has 0 spiro atoms. The van der Waals surface area contributed by atoms with Gasteiger partial charge in [0.25, 0.3) is 0 Å². The van der Waals surface area contributed by atoms with Gasteiger partial charge in [-0.05, 0) is 60.6 Å². The zero-order valence-corrected chi connectivity index (χ0v) is 18.4. The Morgan fingerprint density at radius 3 is 3.00 bits per heavy atom. The largest absolute Gasteiger partial charge is 0.471 e. The Morgan fingerprint density at radius 1 is 1.06 bits per heavy atom. The minimum atomic E-state index is 0.351. The number of nitrogens with zero attached hydrogens (tertiary/aromatic N) is 3. The van der Waals surface area contributed by atoms with Gasteiger partial charge in [0.15, 0.2) is 5.84 Å². The zero-order valence-electron chi connectivity index (χ0n) is 18.4. The first-order valence-electron chi connectivity index (χ1n) is 11.3. The predicted octanol–water partition coefficient (Wildman–Crippen LogP) is 5.51. The minimum absolute atomic E-state index is 0.351. The normalized spacial score (nSPS) is 17.1. The highest BCUT2D eigenvalue weighted by Crippen LogP contribution is 2.20. The summed E-state index contributed by atoms with van der Waals surface area (Å²) in [7, 11) is 0. The Labute approximate surface area is 193 Å². The van der Waals surface area contributed by atoms with Gasteiger partial charge < -0.3 is 14.5 Å². The first-order chi connectivity index (χ1) is 16.3. The number of H-pyrrole nitrogens is 1. The van der Waals surface area contributed by atoms with Crippen LogP contribution in [0, 0.1) is 0 Å². The SMILES string of the molecule is C1=CC(c2ccc3cc[nH]c3c2)=NC(C2=CCCOCCC2)=NC(OCc2ccccn2)=C1. The second-order valence-corrected chi connectivity index (χ2v) is 7.92. The molecule has 4 heterocycles. The van der Waals surface area contributed by atoms with E-state index >= 15 is 0 Å². The molecule has 0 saturated heterocycles. The fourth-order valence-electron chi connectivity index (χ4n) is 3.85. The highest BCUT2D eigenvalue weighted by Gasteiger charge is 2.14. The molecular formula is C27H26N4O2. The topological polar surface area (TPSA) is 71.9 Å². The van der Waals surface area contributed by atoms with Crippen molar-refractivity contribution >= 4 is 22.5 Å². The van der Waals surface area contributed by atoms with E-state index in [1.54, 1.807) is 6.20 Å². The molecule has 6 nitrogen and oxygen atoms in total. The van der Waals surface area contributed by atoms with Crippen molar-refractivity contribution in [3.63, 3.8) is 0 Å². The van der Waals surface area contributed by atoms with Gasteiger partial charge >= 0.3 is 0 Å². The number of amidine groups is 1. The highest BCUT2D eigenvalue weighted by molar-refractivity contribution is 6.18. The molecule has 6 heteroatoms. The number of rotatable bonds is 5. The third kappa shape index (κ3) is 5.35. The molecule has 0 fully saturated rings. The minimum Gasteiger partial charge on any atom is -0.471 e. The van der Waals surface area contributed by atoms with E-state index < -0.39 is 0 Å². The van der Waals surface area contributed by atoms with Crippen LogP contribution in [-0.4, -0.2) is 34.7 Å². The fraction of sp³-hybridized carbons (Fsp3) is 0.222. The van der Waals surface area contributed by atoms with Gasteiger partial charge in [0.2, 0.25) is 5.88 Å². The molecule has 0 bridgehead atoms. The van der Waals surface area contributed by atoms with Gasteiger partial charge in [0, 0.05) is 36.2 Å². The van der Waals surface area contributed by atoms with Gasteiger partial charge in [0.05, 0.1) is 18.0 Å². The molecule has 2 aliphatic rings. The van der Waals surface area contributed by atoms with Crippen LogP contribution >= 0.6 is 0 Å². The molecule has 33 heavy (non-hydrogen) atoms. The average Bonchev–Trinajstić information content (AvgIpc) is 3.27. The van der Waals surface area contributed by atoms with Crippen LogP contribution in [0.15, 0.2) is 101 Å². The van der Waals surface area contributed by atoms with E-state index in [-0.39, 0.29) is 0 Å². The summed E-state index contributed by atoms with van der Waals surface area (Å²) < 4.78 is 11.6. The van der Waals surface area contributed by atoms with Gasteiger partial charge in [-0.1, -0.05) is 30.4 Å². The second-order valence-electron chi connectivity index (χ2n) is 7.92. The van der Waals surface area contributed by atoms with Gasteiger partial charge in [-0.2, -0.15) is 4.99 Å². The Hall–Kier alpha value is -3.77. The zero-order chi connectivity index (χ0) is 22.3. The number of hydrogen-bond acceptors (Lipinski definition) is 5. The van der Waals surface area contributed by atoms with Crippen molar-refractivity contribution in [2.75, 3.05) is 13.2 Å². The standard InChI is InChI=1S/C27H26N4O2/c1-2-14-28-23(8-1)19-33-26-10-3-9-24(22-12-11-20-13-15-29-25(20)18-22)30-27(31-26)21-6-4-16-32-17-5-7-21/h1-3,6,8-15,18,29H,4-5,7,16-17,19H2. The fourth-order valence-corrected chi connectivity index (χ4v) is 3.85. The maximum Gasteiger partial charge on any atom is 0.215 e. The molecule has 1 aromatic carbocycles. The van der Waals surface area contributed by atoms with Crippen molar-refractivity contribution in [2.24, 2.45) is 9.98 Å². The second kappa shape index (κ2) is 10.2. The first-order valence-corrected chi connectivity index (χ1v) is 11.3. The highest BCUT2D eigenvalue weighted by atomic mass is 16.5. The number of hydrogen-bond donors (Lipinski definition) is 1. The van der Waals surface area contributed by atoms with Crippen molar-refractivity contribution in [1.82, 2.24) is 9.97 Å². The molecule has 0 saturated carbocycles. The lowest BCUT2D eigenvalue weighted by Gasteiger charge is -2.15. The number of benzene rings is 1. The van der Waals surface area contributed by atoms with Crippen LogP contribution in [0.1, 0.15) is 30.5 Å². The molecule has 2 aromatic heterocycles. The Morgan fingerprint density at radius 2 is 2.06 bits per heavy atom.